The number of hydrogen-bond acceptors (Lipinski definition) is 3. The molecule has 3 nitrogen and oxygen atoms in total. The van der Waals surface area contributed by atoms with Crippen LogP contribution < -0.4 is 0 Å². The van der Waals surface area contributed by atoms with Gasteiger partial charge in [-0.15, -0.1) is 11.3 Å². The summed E-state index contributed by atoms with van der Waals surface area (Å²) in [4.78, 5) is 12.3. The lowest BCUT2D eigenvalue weighted by atomic mass is 10.1. The number of nitrogens with zero attached hydrogens (tertiary/aromatic N) is 1. The largest absolute Gasteiger partial charge is 0.478 e. The predicted octanol–water partition coefficient (Wildman–Crippen LogP) is 2.98. The minimum atomic E-state index is -0.945. The summed E-state index contributed by atoms with van der Waals surface area (Å²) in [5.74, 6) is -0.945. The van der Waals surface area contributed by atoms with Crippen LogP contribution in [0.5, 0.6) is 0 Å². The van der Waals surface area contributed by atoms with E-state index in [9.17, 15) is 4.79 Å². The van der Waals surface area contributed by atoms with E-state index in [1.165, 1.54) is 11.3 Å². The second-order valence-electron chi connectivity index (χ2n) is 3.16. The number of carboxylic acids is 1. The molecule has 0 spiro atoms. The van der Waals surface area contributed by atoms with Crippen LogP contribution in [0.15, 0.2) is 36.4 Å². The van der Waals surface area contributed by atoms with Crippen LogP contribution in [0.2, 0.25) is 0 Å². The summed E-state index contributed by atoms with van der Waals surface area (Å²) in [7, 11) is 0. The summed E-state index contributed by atoms with van der Waals surface area (Å²) in [5, 5.41) is 17.6. The topological polar surface area (TPSA) is 61.1 Å². The molecule has 1 N–H and O–H groups in total. The third-order valence-corrected chi connectivity index (χ3v) is 3.15. The second kappa shape index (κ2) is 4.17. The molecule has 0 fully saturated rings. The van der Waals surface area contributed by atoms with Gasteiger partial charge in [-0.2, -0.15) is 5.26 Å². The van der Waals surface area contributed by atoms with Gasteiger partial charge < -0.3 is 5.11 Å². The fourth-order valence-corrected chi connectivity index (χ4v) is 2.16. The highest BCUT2D eigenvalue weighted by atomic mass is 32.1. The maximum atomic E-state index is 10.8. The molecule has 0 bridgehead atoms. The molecule has 0 unspecified atom stereocenters. The first-order chi connectivity index (χ1) is 7.70. The van der Waals surface area contributed by atoms with Crippen molar-refractivity contribution in [1.82, 2.24) is 0 Å². The van der Waals surface area contributed by atoms with Crippen LogP contribution >= 0.6 is 11.3 Å². The number of thiophene rings is 1. The van der Waals surface area contributed by atoms with E-state index < -0.39 is 5.97 Å². The monoisotopic (exact) mass is 229 g/mol. The summed E-state index contributed by atoms with van der Waals surface area (Å²) >= 11 is 1.35. The molecule has 16 heavy (non-hydrogen) atoms. The second-order valence-corrected chi connectivity index (χ2v) is 4.25. The Morgan fingerprint density at radius 1 is 1.31 bits per heavy atom. The van der Waals surface area contributed by atoms with Crippen molar-refractivity contribution < 1.29 is 9.90 Å². The Balaban J connectivity index is 2.44. The molecule has 4 heteroatoms. The quantitative estimate of drug-likeness (QED) is 0.861. The summed E-state index contributed by atoms with van der Waals surface area (Å²) in [6.45, 7) is 0. The zero-order valence-electron chi connectivity index (χ0n) is 8.18. The van der Waals surface area contributed by atoms with E-state index in [0.29, 0.717) is 4.88 Å². The maximum absolute atomic E-state index is 10.8. The molecule has 0 saturated carbocycles. The Morgan fingerprint density at radius 2 is 2.12 bits per heavy atom. The highest BCUT2D eigenvalue weighted by Gasteiger charge is 2.06. The molecule has 0 saturated heterocycles. The molecule has 0 aliphatic heterocycles. The van der Waals surface area contributed by atoms with Crippen molar-refractivity contribution in [2.45, 2.75) is 0 Å². The Kier molecular flexibility index (Phi) is 2.71. The standard InChI is InChI=1S/C12H7NO2S/c13-7-10-4-5-11(16-10)8-2-1-3-9(6-8)12(14)15/h1-6H,(H,14,15). The molecule has 78 valence electrons. The number of benzene rings is 1. The van der Waals surface area contributed by atoms with Gasteiger partial charge in [-0.05, 0) is 29.8 Å². The van der Waals surface area contributed by atoms with Crippen LogP contribution in [-0.4, -0.2) is 11.1 Å². The van der Waals surface area contributed by atoms with E-state index >= 15 is 0 Å². The molecule has 0 amide bonds. The molecule has 2 rings (SSSR count). The van der Waals surface area contributed by atoms with Crippen molar-refractivity contribution in [3.63, 3.8) is 0 Å². The third-order valence-electron chi connectivity index (χ3n) is 2.11. The first-order valence-corrected chi connectivity index (χ1v) is 5.36. The Bertz CT molecular complexity index is 581. The Labute approximate surface area is 96.2 Å². The number of carboxylic acid groups (broad SMARTS) is 1. The summed E-state index contributed by atoms with van der Waals surface area (Å²) in [6, 6.07) is 12.3. The van der Waals surface area contributed by atoms with Crippen molar-refractivity contribution in [1.29, 1.82) is 5.26 Å². The molecule has 0 radical (unpaired) electrons. The number of aromatic carboxylic acids is 1. The van der Waals surface area contributed by atoms with Crippen LogP contribution in [0.3, 0.4) is 0 Å². The lowest BCUT2D eigenvalue weighted by Crippen LogP contribution is -1.95. The first kappa shape index (κ1) is 10.4. The van der Waals surface area contributed by atoms with Gasteiger partial charge in [-0.25, -0.2) is 4.79 Å². The number of rotatable bonds is 2. The first-order valence-electron chi connectivity index (χ1n) is 4.54. The molecular weight excluding hydrogens is 222 g/mol. The highest BCUT2D eigenvalue weighted by molar-refractivity contribution is 7.16. The van der Waals surface area contributed by atoms with Gasteiger partial charge >= 0.3 is 5.97 Å². The van der Waals surface area contributed by atoms with Crippen LogP contribution in [0, 0.1) is 11.3 Å². The molecule has 0 aliphatic carbocycles. The van der Waals surface area contributed by atoms with E-state index in [1.54, 1.807) is 24.3 Å². The molecule has 1 aromatic carbocycles. The summed E-state index contributed by atoms with van der Waals surface area (Å²) < 4.78 is 0. The SMILES string of the molecule is N#Cc1ccc(-c2cccc(C(=O)O)c2)s1. The average molecular weight is 229 g/mol. The number of carbonyl (C=O) groups is 1. The van der Waals surface area contributed by atoms with Crippen molar-refractivity contribution in [2.24, 2.45) is 0 Å². The minimum Gasteiger partial charge on any atom is -0.478 e. The number of hydrogen-bond donors (Lipinski definition) is 1. The van der Waals surface area contributed by atoms with Gasteiger partial charge in [0.05, 0.1) is 5.56 Å². The average Bonchev–Trinajstić information content (AvgIpc) is 2.77. The highest BCUT2D eigenvalue weighted by Crippen LogP contribution is 2.28. The number of nitriles is 1. The van der Waals surface area contributed by atoms with Gasteiger partial charge in [-0.1, -0.05) is 12.1 Å². The zero-order valence-corrected chi connectivity index (χ0v) is 8.99. The van der Waals surface area contributed by atoms with Crippen LogP contribution in [0.1, 0.15) is 15.2 Å². The molecule has 0 atom stereocenters. The summed E-state index contributed by atoms with van der Waals surface area (Å²) in [5.41, 5.74) is 1.08. The predicted molar refractivity (Wildman–Crippen MR) is 61.4 cm³/mol. The van der Waals surface area contributed by atoms with Gasteiger partial charge in [0.15, 0.2) is 0 Å². The van der Waals surface area contributed by atoms with Gasteiger partial charge in [-0.3, -0.25) is 0 Å². The van der Waals surface area contributed by atoms with Crippen molar-refractivity contribution in [3.8, 4) is 16.5 Å². The Morgan fingerprint density at radius 3 is 2.75 bits per heavy atom. The smallest absolute Gasteiger partial charge is 0.335 e. The Hall–Kier alpha value is -2.12. The van der Waals surface area contributed by atoms with E-state index in [-0.39, 0.29) is 5.56 Å². The molecule has 2 aromatic rings. The van der Waals surface area contributed by atoms with E-state index in [2.05, 4.69) is 6.07 Å². The third kappa shape index (κ3) is 1.95. The van der Waals surface area contributed by atoms with Crippen molar-refractivity contribution in [3.05, 3.63) is 46.8 Å². The van der Waals surface area contributed by atoms with Crippen molar-refractivity contribution in [2.75, 3.05) is 0 Å². The minimum absolute atomic E-state index is 0.254. The van der Waals surface area contributed by atoms with Crippen LogP contribution in [0.4, 0.5) is 0 Å². The van der Waals surface area contributed by atoms with E-state index in [4.69, 9.17) is 10.4 Å². The van der Waals surface area contributed by atoms with Gasteiger partial charge in [0.2, 0.25) is 0 Å². The molecule has 1 aromatic heterocycles. The molecular formula is C12H7NO2S. The van der Waals surface area contributed by atoms with Crippen molar-refractivity contribution >= 4 is 17.3 Å². The van der Waals surface area contributed by atoms with Crippen LogP contribution in [0.25, 0.3) is 10.4 Å². The fraction of sp³-hybridized carbons (Fsp3) is 0. The van der Waals surface area contributed by atoms with Crippen LogP contribution in [-0.2, 0) is 0 Å². The van der Waals surface area contributed by atoms with Gasteiger partial charge in [0, 0.05) is 4.88 Å². The normalized spacial score (nSPS) is 9.69. The zero-order chi connectivity index (χ0) is 11.5. The lowest BCUT2D eigenvalue weighted by molar-refractivity contribution is 0.0697. The fourth-order valence-electron chi connectivity index (χ4n) is 1.36. The summed E-state index contributed by atoms with van der Waals surface area (Å²) in [6.07, 6.45) is 0. The molecule has 1 heterocycles. The molecule has 0 aliphatic rings. The van der Waals surface area contributed by atoms with E-state index in [1.807, 2.05) is 12.1 Å². The maximum Gasteiger partial charge on any atom is 0.335 e. The lowest BCUT2D eigenvalue weighted by Gasteiger charge is -1.98. The van der Waals surface area contributed by atoms with Gasteiger partial charge in [0.25, 0.3) is 0 Å². The van der Waals surface area contributed by atoms with E-state index in [0.717, 1.165) is 10.4 Å². The van der Waals surface area contributed by atoms with Gasteiger partial charge in [0.1, 0.15) is 10.9 Å².